The van der Waals surface area contributed by atoms with Crippen molar-refractivity contribution >= 4 is 0 Å². The van der Waals surface area contributed by atoms with Gasteiger partial charge in [-0.3, -0.25) is 0 Å². The predicted octanol–water partition coefficient (Wildman–Crippen LogP) is 1.40. The molecule has 0 aromatic heterocycles. The molecular weight excluding hydrogens is 168 g/mol. The first-order valence-electron chi connectivity index (χ1n) is 4.98. The van der Waals surface area contributed by atoms with Gasteiger partial charge in [0.25, 0.3) is 0 Å². The molecule has 1 aliphatic rings. The zero-order chi connectivity index (χ0) is 10.0. The van der Waals surface area contributed by atoms with Crippen molar-refractivity contribution in [3.05, 3.63) is 0 Å². The van der Waals surface area contributed by atoms with E-state index in [9.17, 15) is 5.11 Å². The summed E-state index contributed by atoms with van der Waals surface area (Å²) in [5.74, 6) is 0.634. The fourth-order valence-electron chi connectivity index (χ4n) is 1.94. The lowest BCUT2D eigenvalue weighted by atomic mass is 9.83. The Balaban J connectivity index is 2.66. The molecule has 0 aromatic carbocycles. The Kier molecular flexibility index (Phi) is 3.71. The maximum atomic E-state index is 9.77. The molecule has 0 amide bonds. The van der Waals surface area contributed by atoms with E-state index in [4.69, 9.17) is 9.47 Å². The Labute approximate surface area is 80.0 Å². The molecule has 1 saturated heterocycles. The van der Waals surface area contributed by atoms with Gasteiger partial charge < -0.3 is 14.6 Å². The highest BCUT2D eigenvalue weighted by Gasteiger charge is 2.39. The molecule has 1 aliphatic heterocycles. The van der Waals surface area contributed by atoms with Crippen LogP contribution in [-0.2, 0) is 9.47 Å². The first kappa shape index (κ1) is 11.0. The van der Waals surface area contributed by atoms with Gasteiger partial charge in [0.2, 0.25) is 0 Å². The maximum absolute atomic E-state index is 9.77. The fourth-order valence-corrected chi connectivity index (χ4v) is 1.94. The molecule has 78 valence electrons. The molecule has 5 atom stereocenters. The van der Waals surface area contributed by atoms with Crippen LogP contribution in [0.5, 0.6) is 0 Å². The molecule has 1 N–H and O–H groups in total. The first-order valence-corrected chi connectivity index (χ1v) is 4.98. The lowest BCUT2D eigenvalue weighted by Gasteiger charge is -2.41. The highest BCUT2D eigenvalue weighted by Crippen LogP contribution is 2.32. The van der Waals surface area contributed by atoms with E-state index in [1.165, 1.54) is 0 Å². The number of rotatable bonds is 2. The number of ether oxygens (including phenoxy) is 2. The molecule has 0 aromatic rings. The molecule has 0 spiro atoms. The third-order valence-electron chi connectivity index (χ3n) is 3.18. The Morgan fingerprint density at radius 3 is 2.38 bits per heavy atom. The zero-order valence-electron chi connectivity index (χ0n) is 8.86. The highest BCUT2D eigenvalue weighted by atomic mass is 16.7. The average molecular weight is 188 g/mol. The lowest BCUT2D eigenvalue weighted by Crippen LogP contribution is -2.49. The molecule has 0 bridgehead atoms. The standard InChI is InChI=1S/C10H20O3/c1-5-8-6(2)7(3)9(11)10(12-4)13-8/h6-11H,5H2,1-4H3/t6-,7-,8?,9?,10-/m1/s1. The van der Waals surface area contributed by atoms with Gasteiger partial charge in [-0.25, -0.2) is 0 Å². The van der Waals surface area contributed by atoms with E-state index >= 15 is 0 Å². The maximum Gasteiger partial charge on any atom is 0.183 e. The second-order valence-corrected chi connectivity index (χ2v) is 3.90. The van der Waals surface area contributed by atoms with Gasteiger partial charge >= 0.3 is 0 Å². The molecular formula is C10H20O3. The lowest BCUT2D eigenvalue weighted by molar-refractivity contribution is -0.261. The SMILES string of the molecule is CCC1O[C@@H](OC)C(O)[C@H](C)[C@H]1C. The molecule has 0 radical (unpaired) electrons. The van der Waals surface area contributed by atoms with Crippen molar-refractivity contribution in [3.8, 4) is 0 Å². The molecule has 3 nitrogen and oxygen atoms in total. The Bertz CT molecular complexity index is 140. The fraction of sp³-hybridized carbons (Fsp3) is 1.00. The number of aliphatic hydroxyl groups excluding tert-OH is 1. The summed E-state index contributed by atoms with van der Waals surface area (Å²) in [6, 6.07) is 0. The second-order valence-electron chi connectivity index (χ2n) is 3.90. The number of hydrogen-bond acceptors (Lipinski definition) is 3. The van der Waals surface area contributed by atoms with E-state index in [-0.39, 0.29) is 12.0 Å². The van der Waals surface area contributed by atoms with E-state index in [1.807, 2.05) is 6.92 Å². The van der Waals surface area contributed by atoms with Crippen molar-refractivity contribution in [1.29, 1.82) is 0 Å². The highest BCUT2D eigenvalue weighted by molar-refractivity contribution is 4.83. The molecule has 2 unspecified atom stereocenters. The molecule has 1 heterocycles. The third kappa shape index (κ3) is 2.03. The molecule has 0 aliphatic carbocycles. The second kappa shape index (κ2) is 4.40. The summed E-state index contributed by atoms with van der Waals surface area (Å²) >= 11 is 0. The number of hydrogen-bond donors (Lipinski definition) is 1. The van der Waals surface area contributed by atoms with Crippen LogP contribution in [0.3, 0.4) is 0 Å². The van der Waals surface area contributed by atoms with E-state index in [1.54, 1.807) is 7.11 Å². The van der Waals surface area contributed by atoms with Crippen LogP contribution in [0, 0.1) is 11.8 Å². The van der Waals surface area contributed by atoms with Crippen LogP contribution in [0.25, 0.3) is 0 Å². The van der Waals surface area contributed by atoms with Gasteiger partial charge in [-0.15, -0.1) is 0 Å². The van der Waals surface area contributed by atoms with Gasteiger partial charge in [-0.2, -0.15) is 0 Å². The quantitative estimate of drug-likeness (QED) is 0.712. The summed E-state index contributed by atoms with van der Waals surface area (Å²) in [7, 11) is 1.57. The smallest absolute Gasteiger partial charge is 0.183 e. The third-order valence-corrected chi connectivity index (χ3v) is 3.18. The van der Waals surface area contributed by atoms with Crippen LogP contribution < -0.4 is 0 Å². The van der Waals surface area contributed by atoms with Gasteiger partial charge in [0, 0.05) is 7.11 Å². The van der Waals surface area contributed by atoms with Crippen LogP contribution >= 0.6 is 0 Å². The molecule has 1 fully saturated rings. The summed E-state index contributed by atoms with van der Waals surface area (Å²) in [5.41, 5.74) is 0. The molecule has 0 saturated carbocycles. The van der Waals surface area contributed by atoms with Crippen LogP contribution in [0.15, 0.2) is 0 Å². The largest absolute Gasteiger partial charge is 0.388 e. The van der Waals surface area contributed by atoms with Gasteiger partial charge in [-0.05, 0) is 18.3 Å². The summed E-state index contributed by atoms with van der Waals surface area (Å²) < 4.78 is 10.7. The molecule has 3 heteroatoms. The van der Waals surface area contributed by atoms with Gasteiger partial charge in [0.15, 0.2) is 6.29 Å². The minimum absolute atomic E-state index is 0.211. The average Bonchev–Trinajstić information content (AvgIpc) is 2.15. The summed E-state index contributed by atoms with van der Waals surface area (Å²) in [4.78, 5) is 0. The number of aliphatic hydroxyl groups is 1. The van der Waals surface area contributed by atoms with Crippen molar-refractivity contribution < 1.29 is 14.6 Å². The van der Waals surface area contributed by atoms with Gasteiger partial charge in [0.05, 0.1) is 6.10 Å². The Morgan fingerprint density at radius 1 is 1.31 bits per heavy atom. The summed E-state index contributed by atoms with van der Waals surface area (Å²) in [6.07, 6.45) is 0.236. The van der Waals surface area contributed by atoms with Crippen molar-refractivity contribution in [2.24, 2.45) is 11.8 Å². The van der Waals surface area contributed by atoms with E-state index in [0.717, 1.165) is 6.42 Å². The van der Waals surface area contributed by atoms with E-state index in [2.05, 4.69) is 13.8 Å². The van der Waals surface area contributed by atoms with E-state index < -0.39 is 12.4 Å². The van der Waals surface area contributed by atoms with Crippen LogP contribution in [0.4, 0.5) is 0 Å². The molecule has 1 rings (SSSR count). The van der Waals surface area contributed by atoms with Crippen LogP contribution in [-0.4, -0.2) is 30.7 Å². The first-order chi connectivity index (χ1) is 6.11. The van der Waals surface area contributed by atoms with Gasteiger partial charge in [0.1, 0.15) is 6.10 Å². The summed E-state index contributed by atoms with van der Waals surface area (Å²) in [6.45, 7) is 6.26. The van der Waals surface area contributed by atoms with E-state index in [0.29, 0.717) is 5.92 Å². The van der Waals surface area contributed by atoms with Crippen LogP contribution in [0.2, 0.25) is 0 Å². The number of methoxy groups -OCH3 is 1. The minimum atomic E-state index is -0.497. The normalized spacial score (nSPS) is 46.4. The van der Waals surface area contributed by atoms with Crippen molar-refractivity contribution in [1.82, 2.24) is 0 Å². The minimum Gasteiger partial charge on any atom is -0.388 e. The van der Waals surface area contributed by atoms with Crippen molar-refractivity contribution in [2.75, 3.05) is 7.11 Å². The zero-order valence-corrected chi connectivity index (χ0v) is 8.86. The Hall–Kier alpha value is -0.120. The summed E-state index contributed by atoms with van der Waals surface area (Å²) in [5, 5.41) is 9.77. The Morgan fingerprint density at radius 2 is 1.92 bits per heavy atom. The van der Waals surface area contributed by atoms with Crippen molar-refractivity contribution in [3.63, 3.8) is 0 Å². The molecule has 13 heavy (non-hydrogen) atoms. The van der Waals surface area contributed by atoms with Gasteiger partial charge in [-0.1, -0.05) is 20.8 Å². The van der Waals surface area contributed by atoms with Crippen LogP contribution in [0.1, 0.15) is 27.2 Å². The van der Waals surface area contributed by atoms with Crippen molar-refractivity contribution in [2.45, 2.75) is 45.7 Å². The topological polar surface area (TPSA) is 38.7 Å². The monoisotopic (exact) mass is 188 g/mol. The predicted molar refractivity (Wildman–Crippen MR) is 50.3 cm³/mol.